The van der Waals surface area contributed by atoms with E-state index in [1.807, 2.05) is 0 Å². The van der Waals surface area contributed by atoms with Crippen LogP contribution in [-0.2, 0) is 5.92 Å². The Kier molecular flexibility index (Phi) is 4.18. The lowest BCUT2D eigenvalue weighted by Gasteiger charge is -2.16. The van der Waals surface area contributed by atoms with E-state index in [4.69, 9.17) is 0 Å². The molecule has 0 radical (unpaired) electrons. The molecule has 0 fully saturated rings. The van der Waals surface area contributed by atoms with Gasteiger partial charge in [0.2, 0.25) is 0 Å². The van der Waals surface area contributed by atoms with E-state index in [2.05, 4.69) is 20.7 Å². The Hall–Kier alpha value is -0.780. The van der Waals surface area contributed by atoms with E-state index in [9.17, 15) is 17.6 Å². The van der Waals surface area contributed by atoms with Crippen LogP contribution in [-0.4, -0.2) is 13.0 Å². The summed E-state index contributed by atoms with van der Waals surface area (Å²) in [4.78, 5) is 0. The molecule has 0 N–H and O–H groups in total. The third kappa shape index (κ3) is 3.66. The van der Waals surface area contributed by atoms with Crippen molar-refractivity contribution in [2.75, 3.05) is 6.61 Å². The van der Waals surface area contributed by atoms with Crippen LogP contribution in [0.4, 0.5) is 17.6 Å². The number of halogens is 5. The first-order valence-electron chi connectivity index (χ1n) is 4.39. The molecular formula is C10H9BrF4O. The lowest BCUT2D eigenvalue weighted by atomic mass is 10.1. The molecule has 16 heavy (non-hydrogen) atoms. The summed E-state index contributed by atoms with van der Waals surface area (Å²) in [6, 6.07) is 3.84. The summed E-state index contributed by atoms with van der Waals surface area (Å²) in [6.07, 6.45) is -2.69. The van der Waals surface area contributed by atoms with Gasteiger partial charge in [-0.05, 0) is 18.2 Å². The van der Waals surface area contributed by atoms with Gasteiger partial charge in [0.25, 0.3) is 12.3 Å². The second kappa shape index (κ2) is 5.03. The maximum absolute atomic E-state index is 13.1. The largest absolute Gasteiger partial charge is 0.487 e. The lowest BCUT2D eigenvalue weighted by Crippen LogP contribution is -2.13. The average Bonchev–Trinajstić information content (AvgIpc) is 2.14. The molecule has 0 amide bonds. The van der Waals surface area contributed by atoms with Gasteiger partial charge in [-0.25, -0.2) is 17.6 Å². The van der Waals surface area contributed by atoms with Crippen molar-refractivity contribution in [3.63, 3.8) is 0 Å². The third-order valence-corrected chi connectivity index (χ3v) is 2.27. The highest BCUT2D eigenvalue weighted by atomic mass is 79.9. The second-order valence-corrected chi connectivity index (χ2v) is 4.15. The summed E-state index contributed by atoms with van der Waals surface area (Å²) >= 11 is 3.03. The van der Waals surface area contributed by atoms with E-state index >= 15 is 0 Å². The van der Waals surface area contributed by atoms with Crippen LogP contribution in [0.25, 0.3) is 0 Å². The maximum atomic E-state index is 13.1. The van der Waals surface area contributed by atoms with Crippen LogP contribution in [0.3, 0.4) is 0 Å². The Balaban J connectivity index is 2.99. The zero-order chi connectivity index (χ0) is 12.3. The average molecular weight is 301 g/mol. The molecule has 6 heteroatoms. The van der Waals surface area contributed by atoms with Gasteiger partial charge < -0.3 is 4.74 Å². The first-order valence-corrected chi connectivity index (χ1v) is 5.19. The molecule has 1 aromatic rings. The Labute approximate surface area is 98.5 Å². The van der Waals surface area contributed by atoms with Crippen LogP contribution in [0.15, 0.2) is 22.7 Å². The molecule has 0 atom stereocenters. The molecule has 0 aliphatic heterocycles. The summed E-state index contributed by atoms with van der Waals surface area (Å²) in [6.45, 7) is -0.214. The molecule has 0 bridgehead atoms. The van der Waals surface area contributed by atoms with Crippen molar-refractivity contribution in [3.05, 3.63) is 28.2 Å². The van der Waals surface area contributed by atoms with Gasteiger partial charge in [0.15, 0.2) is 0 Å². The summed E-state index contributed by atoms with van der Waals surface area (Å²) in [7, 11) is 0. The van der Waals surface area contributed by atoms with Gasteiger partial charge in [-0.3, -0.25) is 0 Å². The van der Waals surface area contributed by atoms with Gasteiger partial charge in [0.05, 0.1) is 5.56 Å². The van der Waals surface area contributed by atoms with Gasteiger partial charge >= 0.3 is 0 Å². The van der Waals surface area contributed by atoms with Crippen LogP contribution >= 0.6 is 15.9 Å². The van der Waals surface area contributed by atoms with E-state index < -0.39 is 24.5 Å². The first-order chi connectivity index (χ1) is 7.30. The standard InChI is InChI=1S/C10H9BrF4O/c1-10(14,15)7-4-6(11)2-3-8(7)16-5-9(12)13/h2-4,9H,5H2,1H3. The number of benzene rings is 1. The van der Waals surface area contributed by atoms with Gasteiger partial charge in [-0.1, -0.05) is 15.9 Å². The van der Waals surface area contributed by atoms with Crippen molar-refractivity contribution in [2.24, 2.45) is 0 Å². The quantitative estimate of drug-likeness (QED) is 0.757. The molecule has 0 heterocycles. The van der Waals surface area contributed by atoms with Crippen LogP contribution in [0.2, 0.25) is 0 Å². The summed E-state index contributed by atoms with van der Waals surface area (Å²) < 4.78 is 55.1. The molecule has 1 rings (SSSR count). The van der Waals surface area contributed by atoms with E-state index in [0.717, 1.165) is 6.07 Å². The first kappa shape index (κ1) is 13.3. The fourth-order valence-corrected chi connectivity index (χ4v) is 1.48. The number of hydrogen-bond donors (Lipinski definition) is 0. The Morgan fingerprint density at radius 3 is 2.50 bits per heavy atom. The molecule has 0 saturated carbocycles. The van der Waals surface area contributed by atoms with Crippen LogP contribution in [0.5, 0.6) is 5.75 Å². The second-order valence-electron chi connectivity index (χ2n) is 3.23. The van der Waals surface area contributed by atoms with Gasteiger partial charge in [-0.15, -0.1) is 0 Å². The van der Waals surface area contributed by atoms with Gasteiger partial charge in [0.1, 0.15) is 12.4 Å². The number of rotatable bonds is 4. The monoisotopic (exact) mass is 300 g/mol. The molecule has 0 aliphatic rings. The SMILES string of the molecule is CC(F)(F)c1cc(Br)ccc1OCC(F)F. The molecule has 0 spiro atoms. The zero-order valence-electron chi connectivity index (χ0n) is 8.31. The highest BCUT2D eigenvalue weighted by molar-refractivity contribution is 9.10. The molecule has 0 aliphatic carbocycles. The number of hydrogen-bond acceptors (Lipinski definition) is 1. The van der Waals surface area contributed by atoms with Crippen molar-refractivity contribution in [2.45, 2.75) is 19.3 Å². The van der Waals surface area contributed by atoms with Crippen molar-refractivity contribution < 1.29 is 22.3 Å². The lowest BCUT2D eigenvalue weighted by molar-refractivity contribution is 0.0116. The minimum absolute atomic E-state index is 0.226. The predicted octanol–water partition coefficient (Wildman–Crippen LogP) is 4.20. The van der Waals surface area contributed by atoms with Crippen molar-refractivity contribution >= 4 is 15.9 Å². The molecule has 0 saturated heterocycles. The smallest absolute Gasteiger partial charge is 0.274 e. The minimum Gasteiger partial charge on any atom is -0.487 e. The van der Waals surface area contributed by atoms with E-state index in [0.29, 0.717) is 11.4 Å². The van der Waals surface area contributed by atoms with E-state index in [-0.39, 0.29) is 5.75 Å². The third-order valence-electron chi connectivity index (χ3n) is 1.78. The Morgan fingerprint density at radius 2 is 2.00 bits per heavy atom. The molecule has 90 valence electrons. The summed E-state index contributed by atoms with van der Waals surface area (Å²) in [5, 5.41) is 0. The molecule has 1 nitrogen and oxygen atoms in total. The van der Waals surface area contributed by atoms with Crippen molar-refractivity contribution in [3.8, 4) is 5.75 Å². The molecule has 1 aromatic carbocycles. The van der Waals surface area contributed by atoms with Crippen LogP contribution in [0.1, 0.15) is 12.5 Å². The number of ether oxygens (including phenoxy) is 1. The number of alkyl halides is 4. The minimum atomic E-state index is -3.14. The highest BCUT2D eigenvalue weighted by Crippen LogP contribution is 2.36. The van der Waals surface area contributed by atoms with Crippen molar-refractivity contribution in [1.82, 2.24) is 0 Å². The summed E-state index contributed by atoms with van der Waals surface area (Å²) in [5.74, 6) is -3.36. The van der Waals surface area contributed by atoms with E-state index in [1.54, 1.807) is 0 Å². The van der Waals surface area contributed by atoms with Crippen LogP contribution < -0.4 is 4.74 Å². The topological polar surface area (TPSA) is 9.23 Å². The molecular weight excluding hydrogens is 292 g/mol. The van der Waals surface area contributed by atoms with Crippen LogP contribution in [0, 0.1) is 0 Å². The van der Waals surface area contributed by atoms with Gasteiger partial charge in [0, 0.05) is 11.4 Å². The fraction of sp³-hybridized carbons (Fsp3) is 0.400. The molecule has 0 aromatic heterocycles. The Bertz CT molecular complexity index is 362. The summed E-state index contributed by atoms with van der Waals surface area (Å²) in [5.41, 5.74) is -0.414. The van der Waals surface area contributed by atoms with E-state index in [1.165, 1.54) is 12.1 Å². The molecule has 0 unspecified atom stereocenters. The Morgan fingerprint density at radius 1 is 1.38 bits per heavy atom. The van der Waals surface area contributed by atoms with Gasteiger partial charge in [-0.2, -0.15) is 0 Å². The highest BCUT2D eigenvalue weighted by Gasteiger charge is 2.29. The predicted molar refractivity (Wildman–Crippen MR) is 55.2 cm³/mol. The zero-order valence-corrected chi connectivity index (χ0v) is 9.90. The normalized spacial score (nSPS) is 11.9. The van der Waals surface area contributed by atoms with Crippen molar-refractivity contribution in [1.29, 1.82) is 0 Å². The fourth-order valence-electron chi connectivity index (χ4n) is 1.12. The maximum Gasteiger partial charge on any atom is 0.274 e.